The van der Waals surface area contributed by atoms with Crippen LogP contribution in [0.1, 0.15) is 27.7 Å². The highest BCUT2D eigenvalue weighted by molar-refractivity contribution is 9.10. The molecule has 4 nitrogen and oxygen atoms in total. The Kier molecular flexibility index (Phi) is 7.96. The summed E-state index contributed by atoms with van der Waals surface area (Å²) in [4.78, 5) is 26.5. The van der Waals surface area contributed by atoms with Crippen LogP contribution < -0.4 is 0 Å². The number of esters is 1. The van der Waals surface area contributed by atoms with Gasteiger partial charge >= 0.3 is 5.97 Å². The van der Waals surface area contributed by atoms with Crippen LogP contribution in [-0.4, -0.2) is 41.2 Å². The molecule has 0 fully saturated rings. The normalized spacial score (nSPS) is 10.9. The summed E-state index contributed by atoms with van der Waals surface area (Å²) < 4.78 is 6.06. The van der Waals surface area contributed by atoms with Crippen molar-refractivity contribution in [2.75, 3.05) is 12.4 Å². The van der Waals surface area contributed by atoms with Gasteiger partial charge in [-0.15, -0.1) is 11.8 Å². The molecule has 1 aromatic rings. The first-order valence-electron chi connectivity index (χ1n) is 7.16. The van der Waals surface area contributed by atoms with Crippen LogP contribution in [0.4, 0.5) is 0 Å². The van der Waals surface area contributed by atoms with Gasteiger partial charge < -0.3 is 9.64 Å². The number of rotatable bonds is 7. The van der Waals surface area contributed by atoms with Crippen LogP contribution in [0, 0.1) is 0 Å². The molecule has 0 aromatic heterocycles. The minimum absolute atomic E-state index is 0.0864. The number of carbonyl (C=O) groups is 2. The quantitative estimate of drug-likeness (QED) is 0.528. The maximum Gasteiger partial charge on any atom is 0.316 e. The number of carbonyl (C=O) groups excluding carboxylic acids is 2. The van der Waals surface area contributed by atoms with Crippen LogP contribution in [0.3, 0.4) is 0 Å². The fourth-order valence-corrected chi connectivity index (χ4v) is 3.06. The Balaban J connectivity index is 2.39. The zero-order valence-electron chi connectivity index (χ0n) is 13.3. The van der Waals surface area contributed by atoms with E-state index in [1.807, 2.05) is 52.0 Å². The average Bonchev–Trinajstić information content (AvgIpc) is 2.43. The zero-order valence-corrected chi connectivity index (χ0v) is 15.7. The summed E-state index contributed by atoms with van der Waals surface area (Å²) in [6, 6.07) is 7.85. The van der Waals surface area contributed by atoms with E-state index in [1.54, 1.807) is 4.90 Å². The molecule has 0 atom stereocenters. The molecule has 0 heterocycles. The van der Waals surface area contributed by atoms with Crippen LogP contribution in [0.5, 0.6) is 0 Å². The van der Waals surface area contributed by atoms with E-state index in [1.165, 1.54) is 11.8 Å². The summed E-state index contributed by atoms with van der Waals surface area (Å²) in [6.07, 6.45) is 0. The maximum atomic E-state index is 12.1. The van der Waals surface area contributed by atoms with Gasteiger partial charge in [0, 0.05) is 21.5 Å². The summed E-state index contributed by atoms with van der Waals surface area (Å²) in [5, 5.41) is 0. The van der Waals surface area contributed by atoms with Gasteiger partial charge in [-0.1, -0.05) is 15.9 Å². The minimum atomic E-state index is -0.381. The van der Waals surface area contributed by atoms with Crippen molar-refractivity contribution in [1.82, 2.24) is 4.90 Å². The van der Waals surface area contributed by atoms with Gasteiger partial charge in [0.25, 0.3) is 5.91 Å². The Morgan fingerprint density at radius 1 is 1.14 bits per heavy atom. The number of halogens is 1. The minimum Gasteiger partial charge on any atom is -0.455 e. The van der Waals surface area contributed by atoms with Crippen molar-refractivity contribution in [3.05, 3.63) is 28.7 Å². The van der Waals surface area contributed by atoms with E-state index in [4.69, 9.17) is 4.74 Å². The number of ether oxygens (including phenoxy) is 1. The lowest BCUT2D eigenvalue weighted by Gasteiger charge is -2.30. The molecular formula is C16H22BrNO3S. The highest BCUT2D eigenvalue weighted by atomic mass is 79.9. The highest BCUT2D eigenvalue weighted by Crippen LogP contribution is 2.20. The number of amides is 1. The van der Waals surface area contributed by atoms with Crippen molar-refractivity contribution in [2.24, 2.45) is 0 Å². The summed E-state index contributed by atoms with van der Waals surface area (Å²) in [7, 11) is 0. The first-order chi connectivity index (χ1) is 10.3. The Labute approximate surface area is 144 Å². The zero-order chi connectivity index (χ0) is 16.7. The SMILES string of the molecule is CC(C)N(C(=O)COC(=O)CSc1ccc(Br)cc1)C(C)C. The molecule has 0 saturated heterocycles. The van der Waals surface area contributed by atoms with Gasteiger partial charge in [-0.3, -0.25) is 9.59 Å². The highest BCUT2D eigenvalue weighted by Gasteiger charge is 2.21. The van der Waals surface area contributed by atoms with E-state index in [9.17, 15) is 9.59 Å². The smallest absolute Gasteiger partial charge is 0.316 e. The van der Waals surface area contributed by atoms with E-state index < -0.39 is 0 Å². The van der Waals surface area contributed by atoms with Crippen molar-refractivity contribution < 1.29 is 14.3 Å². The lowest BCUT2D eigenvalue weighted by molar-refractivity contribution is -0.151. The molecular weight excluding hydrogens is 366 g/mol. The molecule has 1 rings (SSSR count). The fourth-order valence-electron chi connectivity index (χ4n) is 2.10. The molecule has 122 valence electrons. The van der Waals surface area contributed by atoms with Gasteiger partial charge in [-0.2, -0.15) is 0 Å². The molecule has 0 spiro atoms. The van der Waals surface area contributed by atoms with E-state index >= 15 is 0 Å². The monoisotopic (exact) mass is 387 g/mol. The van der Waals surface area contributed by atoms with Gasteiger partial charge in [0.15, 0.2) is 6.61 Å². The molecule has 0 aliphatic heterocycles. The van der Waals surface area contributed by atoms with Crippen molar-refractivity contribution >= 4 is 39.6 Å². The Hall–Kier alpha value is -1.01. The second kappa shape index (κ2) is 9.20. The third kappa shape index (κ3) is 6.40. The molecule has 22 heavy (non-hydrogen) atoms. The topological polar surface area (TPSA) is 46.6 Å². The lowest BCUT2D eigenvalue weighted by atomic mass is 10.2. The van der Waals surface area contributed by atoms with Gasteiger partial charge in [0.1, 0.15) is 0 Å². The van der Waals surface area contributed by atoms with E-state index in [0.29, 0.717) is 0 Å². The predicted octanol–water partition coefficient (Wildman–Crippen LogP) is 3.73. The first-order valence-corrected chi connectivity index (χ1v) is 8.94. The largest absolute Gasteiger partial charge is 0.455 e. The Bertz CT molecular complexity index is 495. The van der Waals surface area contributed by atoms with Crippen LogP contribution in [-0.2, 0) is 14.3 Å². The molecule has 0 N–H and O–H groups in total. The van der Waals surface area contributed by atoms with E-state index in [-0.39, 0.29) is 36.3 Å². The third-order valence-corrected chi connectivity index (χ3v) is 4.44. The Morgan fingerprint density at radius 3 is 2.18 bits per heavy atom. The molecule has 0 unspecified atom stereocenters. The van der Waals surface area contributed by atoms with Crippen LogP contribution in [0.2, 0.25) is 0 Å². The summed E-state index contributed by atoms with van der Waals surface area (Å²) in [5.74, 6) is -0.348. The molecule has 6 heteroatoms. The predicted molar refractivity (Wildman–Crippen MR) is 92.9 cm³/mol. The van der Waals surface area contributed by atoms with Crippen molar-refractivity contribution in [1.29, 1.82) is 0 Å². The molecule has 0 aliphatic carbocycles. The second-order valence-corrected chi connectivity index (χ2v) is 7.36. The molecule has 0 radical (unpaired) electrons. The lowest BCUT2D eigenvalue weighted by Crippen LogP contribution is -2.44. The van der Waals surface area contributed by atoms with Crippen LogP contribution >= 0.6 is 27.7 Å². The van der Waals surface area contributed by atoms with Gasteiger partial charge in [0.05, 0.1) is 5.75 Å². The first kappa shape index (κ1) is 19.0. The van der Waals surface area contributed by atoms with Crippen molar-refractivity contribution in [3.63, 3.8) is 0 Å². The molecule has 1 aromatic carbocycles. The second-order valence-electron chi connectivity index (χ2n) is 5.39. The van der Waals surface area contributed by atoms with E-state index in [0.717, 1.165) is 9.37 Å². The number of benzene rings is 1. The summed E-state index contributed by atoms with van der Waals surface area (Å²) >= 11 is 4.75. The molecule has 0 aliphatic rings. The number of hydrogen-bond donors (Lipinski definition) is 0. The van der Waals surface area contributed by atoms with Crippen molar-refractivity contribution in [3.8, 4) is 0 Å². The van der Waals surface area contributed by atoms with Crippen LogP contribution in [0.25, 0.3) is 0 Å². The maximum absolute atomic E-state index is 12.1. The fraction of sp³-hybridized carbons (Fsp3) is 0.500. The number of nitrogens with zero attached hydrogens (tertiary/aromatic N) is 1. The van der Waals surface area contributed by atoms with E-state index in [2.05, 4.69) is 15.9 Å². The standard InChI is InChI=1S/C16H22BrNO3S/c1-11(2)18(12(3)4)15(19)9-21-16(20)10-22-14-7-5-13(17)6-8-14/h5-8,11-12H,9-10H2,1-4H3. The van der Waals surface area contributed by atoms with Gasteiger partial charge in [-0.25, -0.2) is 0 Å². The van der Waals surface area contributed by atoms with Crippen molar-refractivity contribution in [2.45, 2.75) is 44.7 Å². The number of hydrogen-bond acceptors (Lipinski definition) is 4. The number of thioether (sulfide) groups is 1. The molecule has 1 amide bonds. The molecule has 0 bridgehead atoms. The average molecular weight is 388 g/mol. The third-order valence-electron chi connectivity index (χ3n) is 2.93. The Morgan fingerprint density at radius 2 is 1.68 bits per heavy atom. The summed E-state index contributed by atoms with van der Waals surface area (Å²) in [5.41, 5.74) is 0. The van der Waals surface area contributed by atoms with Crippen LogP contribution in [0.15, 0.2) is 33.6 Å². The van der Waals surface area contributed by atoms with Gasteiger partial charge in [-0.05, 0) is 52.0 Å². The molecule has 0 saturated carbocycles. The van der Waals surface area contributed by atoms with Gasteiger partial charge in [0.2, 0.25) is 0 Å². The summed E-state index contributed by atoms with van der Waals surface area (Å²) in [6.45, 7) is 7.59.